The van der Waals surface area contributed by atoms with Gasteiger partial charge >= 0.3 is 0 Å². The molecule has 1 amide bonds. The molecule has 0 saturated carbocycles. The SMILES string of the molecule is COc1ccc(-c2cn3nc(SCC(=O)Nc4nc5ccccc5s4)ccc3n2)cc1. The lowest BCUT2D eigenvalue weighted by Gasteiger charge is -2.02. The Balaban J connectivity index is 1.26. The summed E-state index contributed by atoms with van der Waals surface area (Å²) in [6.45, 7) is 0. The molecule has 31 heavy (non-hydrogen) atoms. The maximum absolute atomic E-state index is 12.3. The van der Waals surface area contributed by atoms with E-state index in [-0.39, 0.29) is 11.7 Å². The molecule has 2 aromatic carbocycles. The van der Waals surface area contributed by atoms with Gasteiger partial charge in [-0.05, 0) is 48.5 Å². The van der Waals surface area contributed by atoms with Gasteiger partial charge in [0.2, 0.25) is 5.91 Å². The number of methoxy groups -OCH3 is 1. The van der Waals surface area contributed by atoms with E-state index in [1.54, 1.807) is 11.6 Å². The minimum atomic E-state index is -0.115. The molecule has 7 nitrogen and oxygen atoms in total. The van der Waals surface area contributed by atoms with Crippen LogP contribution in [0.1, 0.15) is 0 Å². The van der Waals surface area contributed by atoms with Gasteiger partial charge in [-0.1, -0.05) is 35.2 Å². The number of hydrogen-bond donors (Lipinski definition) is 1. The third kappa shape index (κ3) is 4.23. The third-order valence-electron chi connectivity index (χ3n) is 4.57. The lowest BCUT2D eigenvalue weighted by Crippen LogP contribution is -2.14. The van der Waals surface area contributed by atoms with Crippen LogP contribution in [0, 0.1) is 0 Å². The number of thioether (sulfide) groups is 1. The van der Waals surface area contributed by atoms with Crippen molar-refractivity contribution in [3.63, 3.8) is 0 Å². The largest absolute Gasteiger partial charge is 0.497 e. The first kappa shape index (κ1) is 19.5. The Bertz CT molecular complexity index is 1340. The quantitative estimate of drug-likeness (QED) is 0.379. The lowest BCUT2D eigenvalue weighted by atomic mass is 10.2. The molecule has 0 bridgehead atoms. The fourth-order valence-electron chi connectivity index (χ4n) is 3.06. The van der Waals surface area contributed by atoms with Crippen molar-refractivity contribution in [1.82, 2.24) is 19.6 Å². The molecule has 0 atom stereocenters. The maximum Gasteiger partial charge on any atom is 0.236 e. The number of hydrogen-bond acceptors (Lipinski definition) is 7. The summed E-state index contributed by atoms with van der Waals surface area (Å²) in [5, 5.41) is 8.78. The van der Waals surface area contributed by atoms with Crippen molar-refractivity contribution in [3.8, 4) is 17.0 Å². The number of para-hydroxylation sites is 1. The molecule has 0 spiro atoms. The number of benzene rings is 2. The highest BCUT2D eigenvalue weighted by Crippen LogP contribution is 2.26. The Kier molecular flexibility index (Phi) is 5.27. The number of nitrogens with zero attached hydrogens (tertiary/aromatic N) is 4. The number of rotatable bonds is 6. The van der Waals surface area contributed by atoms with Crippen LogP contribution in [0.2, 0.25) is 0 Å². The smallest absolute Gasteiger partial charge is 0.236 e. The van der Waals surface area contributed by atoms with Crippen LogP contribution < -0.4 is 10.1 Å². The number of thiazole rings is 1. The molecule has 0 saturated heterocycles. The van der Waals surface area contributed by atoms with Crippen molar-refractivity contribution in [2.75, 3.05) is 18.2 Å². The van der Waals surface area contributed by atoms with E-state index in [2.05, 4.69) is 20.4 Å². The zero-order valence-electron chi connectivity index (χ0n) is 16.5. The summed E-state index contributed by atoms with van der Waals surface area (Å²) in [5.74, 6) is 0.929. The van der Waals surface area contributed by atoms with Crippen LogP contribution in [0.3, 0.4) is 0 Å². The molecule has 0 unspecified atom stereocenters. The third-order valence-corrected chi connectivity index (χ3v) is 6.44. The van der Waals surface area contributed by atoms with Gasteiger partial charge in [0.1, 0.15) is 10.8 Å². The molecule has 0 aliphatic rings. The van der Waals surface area contributed by atoms with Crippen molar-refractivity contribution in [1.29, 1.82) is 0 Å². The molecule has 5 rings (SSSR count). The average molecular weight is 448 g/mol. The number of nitrogens with one attached hydrogen (secondary N) is 1. The van der Waals surface area contributed by atoms with Gasteiger partial charge in [-0.15, -0.1) is 0 Å². The van der Waals surface area contributed by atoms with E-state index in [0.717, 1.165) is 37.9 Å². The highest BCUT2D eigenvalue weighted by molar-refractivity contribution is 7.99. The zero-order valence-corrected chi connectivity index (χ0v) is 18.1. The molecule has 0 aliphatic heterocycles. The number of amides is 1. The number of carbonyl (C=O) groups excluding carboxylic acids is 1. The molecule has 0 fully saturated rings. The number of imidazole rings is 1. The van der Waals surface area contributed by atoms with Gasteiger partial charge in [0.05, 0.1) is 35.0 Å². The second-order valence-corrected chi connectivity index (χ2v) is 8.68. The molecule has 154 valence electrons. The van der Waals surface area contributed by atoms with Gasteiger partial charge in [0.15, 0.2) is 10.8 Å². The van der Waals surface area contributed by atoms with Crippen molar-refractivity contribution >= 4 is 50.0 Å². The van der Waals surface area contributed by atoms with Gasteiger partial charge in [-0.3, -0.25) is 4.79 Å². The standard InChI is InChI=1S/C22H17N5O2S2/c1-29-15-8-6-14(7-9-15)17-12-27-19(23-17)10-11-21(26-27)30-13-20(28)25-22-24-16-4-2-3-5-18(16)31-22/h2-12H,13H2,1H3,(H,24,25,28). The van der Waals surface area contributed by atoms with Crippen LogP contribution in [0.15, 0.2) is 71.9 Å². The summed E-state index contributed by atoms with van der Waals surface area (Å²) in [6.07, 6.45) is 1.88. The van der Waals surface area contributed by atoms with Crippen LogP contribution in [-0.2, 0) is 4.79 Å². The number of anilines is 1. The van der Waals surface area contributed by atoms with Crippen molar-refractivity contribution in [2.24, 2.45) is 0 Å². The fourth-order valence-corrected chi connectivity index (χ4v) is 4.61. The van der Waals surface area contributed by atoms with E-state index in [0.29, 0.717) is 5.13 Å². The zero-order chi connectivity index (χ0) is 21.2. The Hall–Kier alpha value is -3.43. The minimum absolute atomic E-state index is 0.115. The number of ether oxygens (including phenoxy) is 1. The molecule has 9 heteroatoms. The van der Waals surface area contributed by atoms with Crippen LogP contribution >= 0.6 is 23.1 Å². The van der Waals surface area contributed by atoms with E-state index < -0.39 is 0 Å². The summed E-state index contributed by atoms with van der Waals surface area (Å²) in [4.78, 5) is 21.4. The first-order chi connectivity index (χ1) is 15.2. The highest BCUT2D eigenvalue weighted by atomic mass is 32.2. The average Bonchev–Trinajstić information content (AvgIpc) is 3.40. The van der Waals surface area contributed by atoms with Crippen molar-refractivity contribution < 1.29 is 9.53 Å². The first-order valence-corrected chi connectivity index (χ1v) is 11.3. The second-order valence-electron chi connectivity index (χ2n) is 6.65. The van der Waals surface area contributed by atoms with Crippen LogP contribution in [0.5, 0.6) is 5.75 Å². The fraction of sp³-hybridized carbons (Fsp3) is 0.0909. The van der Waals surface area contributed by atoms with E-state index >= 15 is 0 Å². The summed E-state index contributed by atoms with van der Waals surface area (Å²) in [6, 6.07) is 19.3. The number of aromatic nitrogens is 4. The lowest BCUT2D eigenvalue weighted by molar-refractivity contribution is -0.113. The van der Waals surface area contributed by atoms with Gasteiger partial charge in [-0.2, -0.15) is 5.10 Å². The summed E-state index contributed by atoms with van der Waals surface area (Å²) < 4.78 is 7.98. The monoisotopic (exact) mass is 447 g/mol. The summed E-state index contributed by atoms with van der Waals surface area (Å²) in [5.41, 5.74) is 3.44. The molecular weight excluding hydrogens is 430 g/mol. The Morgan fingerprint density at radius 1 is 1.10 bits per heavy atom. The number of carbonyl (C=O) groups is 1. The highest BCUT2D eigenvalue weighted by Gasteiger charge is 2.10. The Morgan fingerprint density at radius 3 is 2.74 bits per heavy atom. The van der Waals surface area contributed by atoms with Gasteiger partial charge in [0, 0.05) is 5.56 Å². The minimum Gasteiger partial charge on any atom is -0.497 e. The maximum atomic E-state index is 12.3. The summed E-state index contributed by atoms with van der Waals surface area (Å²) in [7, 11) is 1.64. The summed E-state index contributed by atoms with van der Waals surface area (Å²) >= 11 is 2.83. The first-order valence-electron chi connectivity index (χ1n) is 9.47. The normalized spacial score (nSPS) is 11.1. The predicted octanol–water partition coefficient (Wildman–Crippen LogP) is 4.75. The molecule has 0 radical (unpaired) electrons. The van der Waals surface area contributed by atoms with Crippen LogP contribution in [0.4, 0.5) is 5.13 Å². The van der Waals surface area contributed by atoms with Gasteiger partial charge < -0.3 is 10.1 Å². The van der Waals surface area contributed by atoms with Gasteiger partial charge in [0.25, 0.3) is 0 Å². The van der Waals surface area contributed by atoms with Crippen LogP contribution in [-0.4, -0.2) is 38.4 Å². The molecule has 3 heterocycles. The molecule has 5 aromatic rings. The van der Waals surface area contributed by atoms with E-state index in [1.807, 2.05) is 66.9 Å². The Morgan fingerprint density at radius 2 is 1.94 bits per heavy atom. The number of fused-ring (bicyclic) bond motifs is 2. The van der Waals surface area contributed by atoms with Crippen molar-refractivity contribution in [3.05, 3.63) is 66.9 Å². The Labute approximate surface area is 186 Å². The molecular formula is C22H17N5O2S2. The predicted molar refractivity (Wildman–Crippen MR) is 124 cm³/mol. The van der Waals surface area contributed by atoms with E-state index in [1.165, 1.54) is 23.1 Å². The van der Waals surface area contributed by atoms with Crippen molar-refractivity contribution in [2.45, 2.75) is 5.03 Å². The van der Waals surface area contributed by atoms with Gasteiger partial charge in [-0.25, -0.2) is 14.5 Å². The van der Waals surface area contributed by atoms with Crippen LogP contribution in [0.25, 0.3) is 27.1 Å². The molecule has 1 N–H and O–H groups in total. The second kappa shape index (κ2) is 8.37. The molecule has 3 aromatic heterocycles. The van der Waals surface area contributed by atoms with E-state index in [9.17, 15) is 4.79 Å². The topological polar surface area (TPSA) is 81.4 Å². The van der Waals surface area contributed by atoms with E-state index in [4.69, 9.17) is 4.74 Å². The molecule has 0 aliphatic carbocycles.